The van der Waals surface area contributed by atoms with E-state index in [1.165, 1.54) is 19.2 Å². The van der Waals surface area contributed by atoms with Gasteiger partial charge in [-0.15, -0.1) is 0 Å². The summed E-state index contributed by atoms with van der Waals surface area (Å²) >= 11 is 5.87. The maximum absolute atomic E-state index is 12.9. The van der Waals surface area contributed by atoms with Crippen molar-refractivity contribution in [2.75, 3.05) is 7.11 Å². The summed E-state index contributed by atoms with van der Waals surface area (Å²) in [5.41, 5.74) is 1.22. The fourth-order valence-electron chi connectivity index (χ4n) is 1.96. The second kappa shape index (κ2) is 6.59. The van der Waals surface area contributed by atoms with Crippen molar-refractivity contribution in [3.8, 4) is 5.75 Å². The molecule has 110 valence electrons. The van der Waals surface area contributed by atoms with Gasteiger partial charge in [0.05, 0.1) is 18.7 Å². The van der Waals surface area contributed by atoms with Gasteiger partial charge in [0.25, 0.3) is 5.91 Å². The molecule has 1 N–H and O–H groups in total. The zero-order chi connectivity index (χ0) is 15.4. The summed E-state index contributed by atoms with van der Waals surface area (Å²) in [5, 5.41) is 3.34. The third-order valence-electron chi connectivity index (χ3n) is 3.13. The van der Waals surface area contributed by atoms with Gasteiger partial charge < -0.3 is 10.1 Å². The van der Waals surface area contributed by atoms with Crippen molar-refractivity contribution in [3.63, 3.8) is 0 Å². The van der Waals surface area contributed by atoms with Gasteiger partial charge in [0, 0.05) is 5.02 Å². The third kappa shape index (κ3) is 3.73. The molecule has 1 amide bonds. The maximum atomic E-state index is 12.9. The second-order valence-corrected chi connectivity index (χ2v) is 5.03. The van der Waals surface area contributed by atoms with Crippen LogP contribution in [0.4, 0.5) is 4.39 Å². The lowest BCUT2D eigenvalue weighted by atomic mass is 10.1. The number of carbonyl (C=O) groups excluding carboxylic acids is 1. The first kappa shape index (κ1) is 15.3. The molecule has 2 aromatic carbocycles. The lowest BCUT2D eigenvalue weighted by Gasteiger charge is -2.16. The van der Waals surface area contributed by atoms with E-state index < -0.39 is 0 Å². The van der Waals surface area contributed by atoms with E-state index in [0.29, 0.717) is 16.3 Å². The third-order valence-corrected chi connectivity index (χ3v) is 3.36. The van der Waals surface area contributed by atoms with Crippen LogP contribution < -0.4 is 10.1 Å². The normalized spacial score (nSPS) is 11.8. The number of methoxy groups -OCH3 is 1. The Morgan fingerprint density at radius 3 is 2.52 bits per heavy atom. The van der Waals surface area contributed by atoms with Gasteiger partial charge in [-0.1, -0.05) is 23.7 Å². The SMILES string of the molecule is COc1cc(Cl)ccc1C(=O)NC(C)c1ccc(F)cc1. The first-order valence-corrected chi connectivity index (χ1v) is 6.79. The van der Waals surface area contributed by atoms with Gasteiger partial charge in [0.2, 0.25) is 0 Å². The highest BCUT2D eigenvalue weighted by Gasteiger charge is 2.15. The van der Waals surface area contributed by atoms with Crippen molar-refractivity contribution in [1.29, 1.82) is 0 Å². The molecule has 0 fully saturated rings. The van der Waals surface area contributed by atoms with Crippen molar-refractivity contribution >= 4 is 17.5 Å². The van der Waals surface area contributed by atoms with E-state index in [1.807, 2.05) is 6.92 Å². The first-order chi connectivity index (χ1) is 10.0. The molecule has 0 saturated heterocycles. The van der Waals surface area contributed by atoms with Crippen molar-refractivity contribution < 1.29 is 13.9 Å². The standard InChI is InChI=1S/C16H15ClFNO2/c1-10(11-3-6-13(18)7-4-11)19-16(20)14-8-5-12(17)9-15(14)21-2/h3-10H,1-2H3,(H,19,20). The molecule has 1 unspecified atom stereocenters. The summed E-state index contributed by atoms with van der Waals surface area (Å²) in [6, 6.07) is 10.6. The van der Waals surface area contributed by atoms with E-state index in [1.54, 1.807) is 30.3 Å². The van der Waals surface area contributed by atoms with Crippen LogP contribution in [0.3, 0.4) is 0 Å². The molecule has 0 heterocycles. The molecule has 0 aromatic heterocycles. The Labute approximate surface area is 127 Å². The Morgan fingerprint density at radius 1 is 1.24 bits per heavy atom. The van der Waals surface area contributed by atoms with Crippen LogP contribution in [0.15, 0.2) is 42.5 Å². The molecule has 1 atom stereocenters. The number of benzene rings is 2. The van der Waals surface area contributed by atoms with Gasteiger partial charge in [-0.2, -0.15) is 0 Å². The lowest BCUT2D eigenvalue weighted by Crippen LogP contribution is -2.27. The van der Waals surface area contributed by atoms with Gasteiger partial charge in [0.15, 0.2) is 0 Å². The van der Waals surface area contributed by atoms with Gasteiger partial charge in [0.1, 0.15) is 11.6 Å². The Hall–Kier alpha value is -2.07. The van der Waals surface area contributed by atoms with E-state index in [4.69, 9.17) is 16.3 Å². The molecule has 2 aromatic rings. The van der Waals surface area contributed by atoms with Crippen molar-refractivity contribution in [2.24, 2.45) is 0 Å². The first-order valence-electron chi connectivity index (χ1n) is 6.41. The molecular formula is C16H15ClFNO2. The number of hydrogen-bond donors (Lipinski definition) is 1. The number of carbonyl (C=O) groups is 1. The average molecular weight is 308 g/mol. The van der Waals surface area contributed by atoms with Crippen LogP contribution in [-0.2, 0) is 0 Å². The molecule has 0 aliphatic rings. The number of halogens is 2. The molecule has 21 heavy (non-hydrogen) atoms. The van der Waals surface area contributed by atoms with E-state index >= 15 is 0 Å². The molecule has 0 radical (unpaired) electrons. The topological polar surface area (TPSA) is 38.3 Å². The monoisotopic (exact) mass is 307 g/mol. The van der Waals surface area contributed by atoms with Crippen LogP contribution in [-0.4, -0.2) is 13.0 Å². The van der Waals surface area contributed by atoms with E-state index in [-0.39, 0.29) is 17.8 Å². The van der Waals surface area contributed by atoms with Crippen LogP contribution in [0.2, 0.25) is 5.02 Å². The lowest BCUT2D eigenvalue weighted by molar-refractivity contribution is 0.0937. The minimum absolute atomic E-state index is 0.251. The Bertz CT molecular complexity index is 643. The second-order valence-electron chi connectivity index (χ2n) is 4.59. The quantitative estimate of drug-likeness (QED) is 0.928. The predicted octanol–water partition coefficient (Wildman–Crippen LogP) is 3.98. The summed E-state index contributed by atoms with van der Waals surface area (Å²) in [6.45, 7) is 1.83. The molecule has 0 aliphatic heterocycles. The summed E-state index contributed by atoms with van der Waals surface area (Å²) in [6.07, 6.45) is 0. The fourth-order valence-corrected chi connectivity index (χ4v) is 2.12. The smallest absolute Gasteiger partial charge is 0.255 e. The van der Waals surface area contributed by atoms with Gasteiger partial charge in [-0.05, 0) is 42.8 Å². The molecule has 0 saturated carbocycles. The number of ether oxygens (including phenoxy) is 1. The van der Waals surface area contributed by atoms with Crippen molar-refractivity contribution in [3.05, 3.63) is 64.4 Å². The van der Waals surface area contributed by atoms with Gasteiger partial charge in [-0.3, -0.25) is 4.79 Å². The Balaban J connectivity index is 2.16. The molecule has 2 rings (SSSR count). The van der Waals surface area contributed by atoms with Gasteiger partial charge >= 0.3 is 0 Å². The number of rotatable bonds is 4. The van der Waals surface area contributed by atoms with Crippen LogP contribution in [0.25, 0.3) is 0 Å². The highest BCUT2D eigenvalue weighted by atomic mass is 35.5. The minimum Gasteiger partial charge on any atom is -0.496 e. The zero-order valence-electron chi connectivity index (χ0n) is 11.7. The average Bonchev–Trinajstić information content (AvgIpc) is 2.47. The number of hydrogen-bond acceptors (Lipinski definition) is 2. The summed E-state index contributed by atoms with van der Waals surface area (Å²) < 4.78 is 18.1. The maximum Gasteiger partial charge on any atom is 0.255 e. The summed E-state index contributed by atoms with van der Waals surface area (Å²) in [5.74, 6) is -0.178. The van der Waals surface area contributed by atoms with Crippen LogP contribution >= 0.6 is 11.6 Å². The van der Waals surface area contributed by atoms with Crippen molar-refractivity contribution in [2.45, 2.75) is 13.0 Å². The molecule has 0 spiro atoms. The Morgan fingerprint density at radius 2 is 1.90 bits per heavy atom. The highest BCUT2D eigenvalue weighted by molar-refractivity contribution is 6.30. The highest BCUT2D eigenvalue weighted by Crippen LogP contribution is 2.24. The van der Waals surface area contributed by atoms with Crippen LogP contribution in [0, 0.1) is 5.82 Å². The van der Waals surface area contributed by atoms with Gasteiger partial charge in [-0.25, -0.2) is 4.39 Å². The van der Waals surface area contributed by atoms with Crippen LogP contribution in [0.1, 0.15) is 28.9 Å². The molecule has 3 nitrogen and oxygen atoms in total. The van der Waals surface area contributed by atoms with E-state index in [2.05, 4.69) is 5.32 Å². The zero-order valence-corrected chi connectivity index (χ0v) is 12.4. The Kier molecular flexibility index (Phi) is 4.81. The summed E-state index contributed by atoms with van der Waals surface area (Å²) in [7, 11) is 1.48. The number of nitrogens with one attached hydrogen (secondary N) is 1. The fraction of sp³-hybridized carbons (Fsp3) is 0.188. The van der Waals surface area contributed by atoms with E-state index in [0.717, 1.165) is 5.56 Å². The van der Waals surface area contributed by atoms with Crippen LogP contribution in [0.5, 0.6) is 5.75 Å². The molecule has 0 bridgehead atoms. The molecule has 5 heteroatoms. The minimum atomic E-state index is -0.309. The van der Waals surface area contributed by atoms with Crippen molar-refractivity contribution in [1.82, 2.24) is 5.32 Å². The predicted molar refractivity (Wildman–Crippen MR) is 80.3 cm³/mol. The molecular weight excluding hydrogens is 293 g/mol. The summed E-state index contributed by atoms with van der Waals surface area (Å²) in [4.78, 5) is 12.3. The molecule has 0 aliphatic carbocycles. The number of amides is 1. The largest absolute Gasteiger partial charge is 0.496 e. The van der Waals surface area contributed by atoms with E-state index in [9.17, 15) is 9.18 Å².